The first-order chi connectivity index (χ1) is 17.8. The second kappa shape index (κ2) is 11.2. The van der Waals surface area contributed by atoms with Crippen LogP contribution in [0.25, 0.3) is 32.3 Å². The van der Waals surface area contributed by atoms with Gasteiger partial charge in [0.25, 0.3) is 16.8 Å². The molecular weight excluding hydrogens is 472 g/mol. The molecule has 0 saturated carbocycles. The largest absolute Gasteiger partial charge is 0.289 e. The van der Waals surface area contributed by atoms with E-state index >= 15 is 0 Å². The van der Waals surface area contributed by atoms with Crippen molar-refractivity contribution in [1.29, 1.82) is 0 Å². The third-order valence-corrected chi connectivity index (χ3v) is 7.40. The molecule has 194 valence electrons. The minimum atomic E-state index is -0.628. The number of unbranched alkanes of at least 4 members (excludes halogenated alkanes) is 6. The highest BCUT2D eigenvalue weighted by molar-refractivity contribution is 6.04. The Morgan fingerprint density at radius 2 is 1.16 bits per heavy atom. The van der Waals surface area contributed by atoms with Crippen LogP contribution in [0.15, 0.2) is 49.5 Å². The van der Waals surface area contributed by atoms with E-state index in [1.165, 1.54) is 28.8 Å². The Labute approximate surface area is 213 Å². The van der Waals surface area contributed by atoms with Crippen molar-refractivity contribution in [2.45, 2.75) is 84.1 Å². The molecule has 4 aromatic rings. The van der Waals surface area contributed by atoms with Gasteiger partial charge in [0, 0.05) is 39.7 Å². The fourth-order valence-corrected chi connectivity index (χ4v) is 5.35. The number of hydrogen-bond acceptors (Lipinski definition) is 6. The molecule has 0 aliphatic carbocycles. The number of non-ortho nitro benzene ring substituents is 1. The highest BCUT2D eigenvalue weighted by Gasteiger charge is 2.23. The minimum absolute atomic E-state index is 0.00203. The quantitative estimate of drug-likeness (QED) is 0.106. The van der Waals surface area contributed by atoms with Gasteiger partial charge in [-0.25, -0.2) is 0 Å². The molecule has 0 bridgehead atoms. The molecule has 4 rings (SSSR count). The molecule has 0 unspecified atom stereocenters. The molecule has 1 aromatic heterocycles. The van der Waals surface area contributed by atoms with E-state index in [9.17, 15) is 29.3 Å². The molecule has 0 saturated heterocycles. The summed E-state index contributed by atoms with van der Waals surface area (Å²) in [5.74, 6) is 0. The van der Waals surface area contributed by atoms with Crippen LogP contribution in [0.5, 0.6) is 0 Å². The van der Waals surface area contributed by atoms with Gasteiger partial charge in [-0.05, 0) is 31.0 Å². The minimum Gasteiger partial charge on any atom is -0.289 e. The summed E-state index contributed by atoms with van der Waals surface area (Å²) in [4.78, 5) is 64.0. The molecule has 3 aromatic carbocycles. The molecule has 0 radical (unpaired) electrons. The van der Waals surface area contributed by atoms with Crippen LogP contribution < -0.4 is 22.0 Å². The monoisotopic (exact) mass is 504 g/mol. The van der Waals surface area contributed by atoms with Crippen molar-refractivity contribution >= 4 is 38.0 Å². The van der Waals surface area contributed by atoms with Crippen LogP contribution in [0.3, 0.4) is 0 Å². The zero-order chi connectivity index (χ0) is 26.7. The average molecular weight is 505 g/mol. The normalized spacial score (nSPS) is 11.9. The van der Waals surface area contributed by atoms with E-state index in [2.05, 4.69) is 13.8 Å². The van der Waals surface area contributed by atoms with Gasteiger partial charge < -0.3 is 0 Å². The Morgan fingerprint density at radius 3 is 1.65 bits per heavy atom. The fraction of sp³-hybridized carbons (Fsp3) is 0.448. The van der Waals surface area contributed by atoms with Gasteiger partial charge in [-0.2, -0.15) is 0 Å². The maximum absolute atomic E-state index is 13.5. The summed E-state index contributed by atoms with van der Waals surface area (Å²) in [5, 5.41) is 11.5. The number of nitro benzene ring substituents is 1. The van der Waals surface area contributed by atoms with E-state index in [-0.39, 0.29) is 44.0 Å². The number of hydrogen-bond donors (Lipinski definition) is 0. The second-order valence-electron chi connectivity index (χ2n) is 9.92. The van der Waals surface area contributed by atoms with Crippen LogP contribution in [-0.2, 0) is 0 Å². The van der Waals surface area contributed by atoms with Crippen LogP contribution in [-0.4, -0.2) is 9.49 Å². The van der Waals surface area contributed by atoms with Crippen molar-refractivity contribution in [3.8, 4) is 0 Å². The Kier molecular flexibility index (Phi) is 7.95. The maximum atomic E-state index is 13.5. The molecule has 0 amide bonds. The van der Waals surface area contributed by atoms with Gasteiger partial charge in [0.2, 0.25) is 0 Å². The maximum Gasteiger partial charge on any atom is 0.270 e. The third-order valence-electron chi connectivity index (χ3n) is 7.40. The van der Waals surface area contributed by atoms with Gasteiger partial charge >= 0.3 is 0 Å². The van der Waals surface area contributed by atoms with Crippen LogP contribution in [0, 0.1) is 10.1 Å². The van der Waals surface area contributed by atoms with Gasteiger partial charge in [-0.15, -0.1) is 0 Å². The highest BCUT2D eigenvalue weighted by atomic mass is 16.6. The average Bonchev–Trinajstić information content (AvgIpc) is 3.14. The molecule has 8 nitrogen and oxygen atoms in total. The summed E-state index contributed by atoms with van der Waals surface area (Å²) in [7, 11) is 0. The SMILES string of the molecule is CCCCCCC(CCCCCC)n1c(=O)c2cc3c(=O)c4ccc([N+](=O)[O-])cc4c(=O)c3cc2c1=O. The number of nitro groups is 1. The first kappa shape index (κ1) is 26.4. The van der Waals surface area contributed by atoms with Crippen molar-refractivity contribution in [2.24, 2.45) is 0 Å². The van der Waals surface area contributed by atoms with E-state index in [0.29, 0.717) is 0 Å². The Balaban J connectivity index is 1.89. The molecule has 0 spiro atoms. The number of fused-ring (bicyclic) bond motifs is 3. The van der Waals surface area contributed by atoms with Crippen molar-refractivity contribution in [3.63, 3.8) is 0 Å². The van der Waals surface area contributed by atoms with Crippen LogP contribution in [0.2, 0.25) is 0 Å². The second-order valence-corrected chi connectivity index (χ2v) is 9.92. The predicted molar refractivity (Wildman–Crippen MR) is 148 cm³/mol. The van der Waals surface area contributed by atoms with E-state index in [4.69, 9.17) is 0 Å². The third kappa shape index (κ3) is 4.97. The number of aromatic nitrogens is 1. The predicted octanol–water partition coefficient (Wildman–Crippen LogP) is 5.65. The van der Waals surface area contributed by atoms with Gasteiger partial charge in [0.1, 0.15) is 0 Å². The molecular formula is C29H32N2O6. The van der Waals surface area contributed by atoms with Crippen molar-refractivity contribution in [3.05, 3.63) is 81.6 Å². The Morgan fingerprint density at radius 1 is 0.676 bits per heavy atom. The standard InChI is InChI=1S/C29H32N2O6/c1-3-5-7-9-11-18(12-10-8-6-4-2)30-28(34)24-16-22-23(17-25(24)29(30)35)27(33)21-15-19(31(36)37)13-14-20(21)26(22)32/h13-18H,3-12H2,1-2H3. The van der Waals surface area contributed by atoms with E-state index < -0.39 is 26.9 Å². The van der Waals surface area contributed by atoms with Gasteiger partial charge in [0.05, 0.1) is 15.7 Å². The van der Waals surface area contributed by atoms with Crippen LogP contribution in [0.1, 0.15) is 84.1 Å². The first-order valence-electron chi connectivity index (χ1n) is 13.2. The lowest BCUT2D eigenvalue weighted by atomic mass is 10.00. The zero-order valence-corrected chi connectivity index (χ0v) is 21.4. The smallest absolute Gasteiger partial charge is 0.270 e. The molecule has 37 heavy (non-hydrogen) atoms. The lowest BCUT2D eigenvalue weighted by molar-refractivity contribution is -0.384. The Bertz CT molecular complexity index is 1670. The van der Waals surface area contributed by atoms with Gasteiger partial charge in [-0.3, -0.25) is 33.9 Å². The fourth-order valence-electron chi connectivity index (χ4n) is 5.35. The lowest BCUT2D eigenvalue weighted by Crippen LogP contribution is -2.30. The van der Waals surface area contributed by atoms with Gasteiger partial charge in [0.15, 0.2) is 10.9 Å². The molecule has 8 heteroatoms. The van der Waals surface area contributed by atoms with Crippen LogP contribution in [0.4, 0.5) is 5.69 Å². The van der Waals surface area contributed by atoms with Crippen LogP contribution >= 0.6 is 0 Å². The molecule has 0 atom stereocenters. The number of nitrogens with zero attached hydrogens (tertiary/aromatic N) is 2. The number of benzene rings is 3. The summed E-state index contributed by atoms with van der Waals surface area (Å²) < 4.78 is 1.33. The van der Waals surface area contributed by atoms with E-state index in [1.54, 1.807) is 0 Å². The van der Waals surface area contributed by atoms with E-state index in [1.807, 2.05) is 0 Å². The molecule has 1 heterocycles. The molecule has 0 aliphatic heterocycles. The van der Waals surface area contributed by atoms with Crippen molar-refractivity contribution < 1.29 is 4.92 Å². The van der Waals surface area contributed by atoms with Crippen molar-refractivity contribution in [1.82, 2.24) is 4.57 Å². The summed E-state index contributed by atoms with van der Waals surface area (Å²) >= 11 is 0. The van der Waals surface area contributed by atoms with Crippen molar-refractivity contribution in [2.75, 3.05) is 0 Å². The Hall–Kier alpha value is -3.68. The van der Waals surface area contributed by atoms with Gasteiger partial charge in [-0.1, -0.05) is 65.2 Å². The molecule has 0 fully saturated rings. The highest BCUT2D eigenvalue weighted by Crippen LogP contribution is 2.25. The number of rotatable bonds is 12. The summed E-state index contributed by atoms with van der Waals surface area (Å²) in [6.45, 7) is 4.26. The molecule has 0 N–H and O–H groups in total. The summed E-state index contributed by atoms with van der Waals surface area (Å²) in [6.07, 6.45) is 9.73. The summed E-state index contributed by atoms with van der Waals surface area (Å²) in [5.41, 5.74) is -2.21. The zero-order valence-electron chi connectivity index (χ0n) is 21.4. The first-order valence-corrected chi connectivity index (χ1v) is 13.2. The molecule has 0 aliphatic rings. The topological polar surface area (TPSA) is 116 Å². The van der Waals surface area contributed by atoms with E-state index in [0.717, 1.165) is 70.3 Å². The summed E-state index contributed by atoms with van der Waals surface area (Å²) in [6, 6.07) is 6.00. The lowest BCUT2D eigenvalue weighted by Gasteiger charge is -2.17.